The predicted octanol–water partition coefficient (Wildman–Crippen LogP) is 1.15. The van der Waals surface area contributed by atoms with Gasteiger partial charge in [0.2, 0.25) is 0 Å². The molecule has 0 bridgehead atoms. The second kappa shape index (κ2) is 9.75. The summed E-state index contributed by atoms with van der Waals surface area (Å²) in [6.07, 6.45) is -1.98. The largest absolute Gasteiger partial charge is 0.480 e. The van der Waals surface area contributed by atoms with Gasteiger partial charge in [0.25, 0.3) is 0 Å². The zero-order valence-corrected chi connectivity index (χ0v) is 12.4. The third-order valence-corrected chi connectivity index (χ3v) is 2.83. The molecule has 22 heavy (non-hydrogen) atoms. The topological polar surface area (TPSA) is 105 Å². The highest BCUT2D eigenvalue weighted by atomic mass is 16.5. The molecule has 2 atom stereocenters. The van der Waals surface area contributed by atoms with Crippen molar-refractivity contribution in [3.05, 3.63) is 35.9 Å². The number of carbonyl (C=O) groups excluding carboxylic acids is 1. The first kappa shape index (κ1) is 17.9. The summed E-state index contributed by atoms with van der Waals surface area (Å²) < 4.78 is 9.94. The van der Waals surface area contributed by atoms with E-state index in [1.54, 1.807) is 31.2 Å². The minimum atomic E-state index is -1.24. The van der Waals surface area contributed by atoms with E-state index in [-0.39, 0.29) is 19.6 Å². The molecular weight excluding hydrogens is 290 g/mol. The van der Waals surface area contributed by atoms with Crippen molar-refractivity contribution in [1.82, 2.24) is 5.32 Å². The van der Waals surface area contributed by atoms with Gasteiger partial charge in [-0.1, -0.05) is 30.3 Å². The van der Waals surface area contributed by atoms with Gasteiger partial charge in [-0.05, 0) is 12.5 Å². The second-order valence-electron chi connectivity index (χ2n) is 4.65. The SMILES string of the molecule is CCOCC(O)CC(NC(=O)OCc1ccccc1)C(=O)O. The highest BCUT2D eigenvalue weighted by Gasteiger charge is 2.24. The van der Waals surface area contributed by atoms with Crippen molar-refractivity contribution in [3.8, 4) is 0 Å². The Kier molecular flexibility index (Phi) is 7.95. The van der Waals surface area contributed by atoms with Gasteiger partial charge in [0.1, 0.15) is 12.6 Å². The van der Waals surface area contributed by atoms with Crippen LogP contribution in [-0.2, 0) is 20.9 Å². The number of rotatable bonds is 9. The van der Waals surface area contributed by atoms with E-state index in [0.717, 1.165) is 5.56 Å². The van der Waals surface area contributed by atoms with Crippen molar-refractivity contribution >= 4 is 12.1 Å². The summed E-state index contributed by atoms with van der Waals surface area (Å²) in [5.74, 6) is -1.24. The van der Waals surface area contributed by atoms with Crippen LogP contribution < -0.4 is 5.32 Å². The predicted molar refractivity (Wildman–Crippen MR) is 78.3 cm³/mol. The first-order chi connectivity index (χ1) is 10.5. The number of carbonyl (C=O) groups is 2. The fourth-order valence-corrected chi connectivity index (χ4v) is 1.72. The molecular formula is C15H21NO6. The maximum Gasteiger partial charge on any atom is 0.408 e. The molecule has 1 aromatic carbocycles. The van der Waals surface area contributed by atoms with Gasteiger partial charge in [-0.15, -0.1) is 0 Å². The Morgan fingerprint density at radius 1 is 1.27 bits per heavy atom. The van der Waals surface area contributed by atoms with E-state index in [4.69, 9.17) is 14.6 Å². The van der Waals surface area contributed by atoms with Gasteiger partial charge in [0.15, 0.2) is 0 Å². The number of carboxylic acids is 1. The van der Waals surface area contributed by atoms with E-state index in [1.165, 1.54) is 0 Å². The van der Waals surface area contributed by atoms with E-state index in [2.05, 4.69) is 5.32 Å². The van der Waals surface area contributed by atoms with Gasteiger partial charge in [-0.25, -0.2) is 9.59 Å². The molecule has 0 saturated heterocycles. The van der Waals surface area contributed by atoms with Crippen molar-refractivity contribution in [1.29, 1.82) is 0 Å². The van der Waals surface area contributed by atoms with Gasteiger partial charge in [-0.2, -0.15) is 0 Å². The van der Waals surface area contributed by atoms with Crippen molar-refractivity contribution in [2.24, 2.45) is 0 Å². The number of aliphatic hydroxyl groups is 1. The smallest absolute Gasteiger partial charge is 0.408 e. The summed E-state index contributed by atoms with van der Waals surface area (Å²) in [5, 5.41) is 20.9. The third kappa shape index (κ3) is 7.05. The fraction of sp³-hybridized carbons (Fsp3) is 0.467. The number of aliphatic carboxylic acids is 1. The lowest BCUT2D eigenvalue weighted by Gasteiger charge is -2.18. The molecule has 0 aliphatic heterocycles. The second-order valence-corrected chi connectivity index (χ2v) is 4.65. The average molecular weight is 311 g/mol. The minimum Gasteiger partial charge on any atom is -0.480 e. The molecule has 1 rings (SSSR count). The molecule has 0 aliphatic carbocycles. The molecule has 122 valence electrons. The normalized spacial score (nSPS) is 13.2. The van der Waals surface area contributed by atoms with Crippen LogP contribution >= 0.6 is 0 Å². The number of ether oxygens (including phenoxy) is 2. The molecule has 1 aromatic rings. The molecule has 7 heteroatoms. The maximum atomic E-state index is 11.6. The number of nitrogens with one attached hydrogen (secondary N) is 1. The van der Waals surface area contributed by atoms with Crippen molar-refractivity contribution in [3.63, 3.8) is 0 Å². The van der Waals surface area contributed by atoms with Crippen LogP contribution in [0.25, 0.3) is 0 Å². The molecule has 0 aliphatic rings. The maximum absolute atomic E-state index is 11.6. The van der Waals surface area contributed by atoms with E-state index >= 15 is 0 Å². The van der Waals surface area contributed by atoms with Crippen molar-refractivity contribution in [2.75, 3.05) is 13.2 Å². The molecule has 0 fully saturated rings. The summed E-state index contributed by atoms with van der Waals surface area (Å²) >= 11 is 0. The number of hydrogen-bond acceptors (Lipinski definition) is 5. The van der Waals surface area contributed by atoms with E-state index in [1.807, 2.05) is 6.07 Å². The van der Waals surface area contributed by atoms with Crippen LogP contribution in [0.1, 0.15) is 18.9 Å². The number of amides is 1. The first-order valence-electron chi connectivity index (χ1n) is 6.98. The quantitative estimate of drug-likeness (QED) is 0.632. The Labute approximate surface area is 128 Å². The highest BCUT2D eigenvalue weighted by Crippen LogP contribution is 2.03. The van der Waals surface area contributed by atoms with Crippen LogP contribution in [0.2, 0.25) is 0 Å². The van der Waals surface area contributed by atoms with E-state index in [0.29, 0.717) is 6.61 Å². The number of aliphatic hydroxyl groups excluding tert-OH is 1. The molecule has 0 saturated carbocycles. The Hall–Kier alpha value is -2.12. The molecule has 7 nitrogen and oxygen atoms in total. The Morgan fingerprint density at radius 2 is 1.95 bits per heavy atom. The van der Waals surface area contributed by atoms with Crippen LogP contribution in [0.5, 0.6) is 0 Å². The van der Waals surface area contributed by atoms with Crippen molar-refractivity contribution < 1.29 is 29.3 Å². The van der Waals surface area contributed by atoms with Crippen LogP contribution in [0.4, 0.5) is 4.79 Å². The van der Waals surface area contributed by atoms with E-state index in [9.17, 15) is 14.7 Å². The number of benzene rings is 1. The van der Waals surface area contributed by atoms with Crippen LogP contribution in [0, 0.1) is 0 Å². The Morgan fingerprint density at radius 3 is 2.55 bits per heavy atom. The monoisotopic (exact) mass is 311 g/mol. The zero-order valence-electron chi connectivity index (χ0n) is 12.4. The Bertz CT molecular complexity index is 464. The van der Waals surface area contributed by atoms with E-state index < -0.39 is 24.2 Å². The molecule has 2 unspecified atom stereocenters. The fourth-order valence-electron chi connectivity index (χ4n) is 1.72. The lowest BCUT2D eigenvalue weighted by atomic mass is 10.1. The highest BCUT2D eigenvalue weighted by molar-refractivity contribution is 5.79. The van der Waals surface area contributed by atoms with Crippen LogP contribution in [0.15, 0.2) is 30.3 Å². The Balaban J connectivity index is 2.41. The summed E-state index contributed by atoms with van der Waals surface area (Å²) in [4.78, 5) is 22.7. The molecule has 0 heterocycles. The molecule has 3 N–H and O–H groups in total. The summed E-state index contributed by atoms with van der Waals surface area (Å²) in [5.41, 5.74) is 0.793. The number of alkyl carbamates (subject to hydrolysis) is 1. The van der Waals surface area contributed by atoms with Crippen LogP contribution in [-0.4, -0.2) is 47.6 Å². The molecule has 1 amide bonds. The molecule has 0 spiro atoms. The number of hydrogen-bond donors (Lipinski definition) is 3. The molecule has 0 aromatic heterocycles. The molecule has 0 radical (unpaired) electrons. The summed E-state index contributed by atoms with van der Waals surface area (Å²) in [6, 6.07) is 7.78. The van der Waals surface area contributed by atoms with Crippen molar-refractivity contribution in [2.45, 2.75) is 32.1 Å². The minimum absolute atomic E-state index is 0.0149. The van der Waals surface area contributed by atoms with Gasteiger partial charge in [-0.3, -0.25) is 0 Å². The standard InChI is InChI=1S/C15H21NO6/c1-2-21-10-12(17)8-13(14(18)19)16-15(20)22-9-11-6-4-3-5-7-11/h3-7,12-13,17H,2,8-10H2,1H3,(H,16,20)(H,18,19). The van der Waals surface area contributed by atoms with Gasteiger partial charge in [0, 0.05) is 13.0 Å². The van der Waals surface area contributed by atoms with Gasteiger partial charge in [0.05, 0.1) is 12.7 Å². The lowest BCUT2D eigenvalue weighted by Crippen LogP contribution is -2.43. The zero-order chi connectivity index (χ0) is 16.4. The number of carboxylic acid groups (broad SMARTS) is 1. The third-order valence-electron chi connectivity index (χ3n) is 2.83. The lowest BCUT2D eigenvalue weighted by molar-refractivity contribution is -0.140. The first-order valence-corrected chi connectivity index (χ1v) is 6.98. The summed E-state index contributed by atoms with van der Waals surface area (Å²) in [6.45, 7) is 2.24. The van der Waals surface area contributed by atoms with Gasteiger partial charge < -0.3 is 25.0 Å². The van der Waals surface area contributed by atoms with Crippen LogP contribution in [0.3, 0.4) is 0 Å². The average Bonchev–Trinajstić information content (AvgIpc) is 2.51. The summed E-state index contributed by atoms with van der Waals surface area (Å²) in [7, 11) is 0. The van der Waals surface area contributed by atoms with Gasteiger partial charge >= 0.3 is 12.1 Å².